The maximum atomic E-state index is 11.4. The summed E-state index contributed by atoms with van der Waals surface area (Å²) in [6.07, 6.45) is 3.76. The number of hydrogen-bond donors (Lipinski definition) is 3. The molecular formula is C9H18N4O3S. The van der Waals surface area contributed by atoms with Gasteiger partial charge in [-0.15, -0.1) is 0 Å². The normalized spacial score (nSPS) is 11.8. The van der Waals surface area contributed by atoms with E-state index in [0.29, 0.717) is 32.2 Å². The van der Waals surface area contributed by atoms with Gasteiger partial charge in [0.25, 0.3) is 0 Å². The molecule has 3 N–H and O–H groups in total. The number of aromatic nitrogens is 3. The summed E-state index contributed by atoms with van der Waals surface area (Å²) in [5.41, 5.74) is 0. The minimum atomic E-state index is -3.20. The first kappa shape index (κ1) is 14.1. The molecule has 7 nitrogen and oxygen atoms in total. The number of unbranched alkanes of at least 4 members (excludes halogenated alkanes) is 1. The zero-order chi connectivity index (χ0) is 12.6. The first-order valence-corrected chi connectivity index (χ1v) is 7.22. The highest BCUT2D eigenvalue weighted by atomic mass is 32.2. The molecule has 0 fully saturated rings. The highest BCUT2D eigenvalue weighted by Crippen LogP contribution is 1.96. The van der Waals surface area contributed by atoms with Crippen LogP contribution in [0.4, 0.5) is 0 Å². The van der Waals surface area contributed by atoms with Crippen LogP contribution in [0.2, 0.25) is 0 Å². The number of aliphatic hydroxyl groups is 1. The molecule has 0 radical (unpaired) electrons. The van der Waals surface area contributed by atoms with Gasteiger partial charge in [0.1, 0.15) is 12.2 Å². The van der Waals surface area contributed by atoms with Crippen molar-refractivity contribution in [1.82, 2.24) is 19.9 Å². The molecule has 0 unspecified atom stereocenters. The van der Waals surface area contributed by atoms with Crippen molar-refractivity contribution in [2.75, 3.05) is 18.9 Å². The van der Waals surface area contributed by atoms with Gasteiger partial charge in [0.2, 0.25) is 10.0 Å². The Morgan fingerprint density at radius 3 is 2.82 bits per heavy atom. The van der Waals surface area contributed by atoms with Gasteiger partial charge < -0.3 is 5.11 Å². The molecule has 1 aromatic heterocycles. The van der Waals surface area contributed by atoms with Crippen molar-refractivity contribution in [2.24, 2.45) is 0 Å². The van der Waals surface area contributed by atoms with Crippen molar-refractivity contribution in [3.05, 3.63) is 12.2 Å². The van der Waals surface area contributed by atoms with E-state index >= 15 is 0 Å². The fourth-order valence-corrected chi connectivity index (χ4v) is 2.49. The molecule has 1 heterocycles. The lowest BCUT2D eigenvalue weighted by atomic mass is 10.3. The van der Waals surface area contributed by atoms with Gasteiger partial charge in [-0.25, -0.2) is 18.1 Å². The molecule has 0 aliphatic heterocycles. The second-order valence-corrected chi connectivity index (χ2v) is 5.61. The molecule has 1 rings (SSSR count). The van der Waals surface area contributed by atoms with Crippen LogP contribution in [-0.4, -0.2) is 47.6 Å². The third kappa shape index (κ3) is 6.35. The van der Waals surface area contributed by atoms with Gasteiger partial charge in [-0.3, -0.25) is 5.10 Å². The SMILES string of the molecule is O=S(=O)(CCCCO)NCCCc1ncn[nH]1. The Morgan fingerprint density at radius 1 is 1.35 bits per heavy atom. The number of aryl methyl sites for hydroxylation is 1. The van der Waals surface area contributed by atoms with E-state index in [2.05, 4.69) is 19.9 Å². The first-order chi connectivity index (χ1) is 8.14. The second kappa shape index (κ2) is 7.36. The van der Waals surface area contributed by atoms with E-state index in [9.17, 15) is 8.42 Å². The average Bonchev–Trinajstić information content (AvgIpc) is 2.77. The number of H-pyrrole nitrogens is 1. The fourth-order valence-electron chi connectivity index (χ4n) is 1.31. The minimum Gasteiger partial charge on any atom is -0.396 e. The molecule has 0 aromatic carbocycles. The highest BCUT2D eigenvalue weighted by Gasteiger charge is 2.08. The van der Waals surface area contributed by atoms with Crippen molar-refractivity contribution >= 4 is 10.0 Å². The summed E-state index contributed by atoms with van der Waals surface area (Å²) in [5.74, 6) is 0.819. The van der Waals surface area contributed by atoms with Crippen LogP contribution in [0, 0.1) is 0 Å². The van der Waals surface area contributed by atoms with Crippen LogP contribution in [0.25, 0.3) is 0 Å². The van der Waals surface area contributed by atoms with E-state index in [1.54, 1.807) is 0 Å². The first-order valence-electron chi connectivity index (χ1n) is 5.56. The molecule has 98 valence electrons. The van der Waals surface area contributed by atoms with Gasteiger partial charge >= 0.3 is 0 Å². The van der Waals surface area contributed by atoms with Crippen LogP contribution >= 0.6 is 0 Å². The second-order valence-electron chi connectivity index (χ2n) is 3.68. The number of hydrogen-bond acceptors (Lipinski definition) is 5. The van der Waals surface area contributed by atoms with Gasteiger partial charge in [-0.2, -0.15) is 5.10 Å². The number of nitrogens with one attached hydrogen (secondary N) is 2. The predicted octanol–water partition coefficient (Wildman–Crippen LogP) is -0.571. The quantitative estimate of drug-likeness (QED) is 0.516. The van der Waals surface area contributed by atoms with Crippen molar-refractivity contribution in [1.29, 1.82) is 0 Å². The van der Waals surface area contributed by atoms with E-state index in [0.717, 1.165) is 5.82 Å². The Bertz CT molecular complexity index is 390. The van der Waals surface area contributed by atoms with E-state index in [1.165, 1.54) is 6.33 Å². The number of nitrogens with zero attached hydrogens (tertiary/aromatic N) is 2. The molecule has 0 aliphatic rings. The zero-order valence-electron chi connectivity index (χ0n) is 9.59. The molecule has 17 heavy (non-hydrogen) atoms. The molecule has 0 saturated carbocycles. The summed E-state index contributed by atoms with van der Waals surface area (Å²) in [6.45, 7) is 0.420. The number of sulfonamides is 1. The lowest BCUT2D eigenvalue weighted by Gasteiger charge is -2.05. The van der Waals surface area contributed by atoms with Crippen LogP contribution in [0.15, 0.2) is 6.33 Å². The average molecular weight is 262 g/mol. The highest BCUT2D eigenvalue weighted by molar-refractivity contribution is 7.89. The van der Waals surface area contributed by atoms with Crippen molar-refractivity contribution in [3.8, 4) is 0 Å². The Kier molecular flexibility index (Phi) is 6.09. The van der Waals surface area contributed by atoms with Crippen molar-refractivity contribution < 1.29 is 13.5 Å². The summed E-state index contributed by atoms with van der Waals surface area (Å²) in [7, 11) is -3.20. The summed E-state index contributed by atoms with van der Waals surface area (Å²) < 4.78 is 25.4. The lowest BCUT2D eigenvalue weighted by molar-refractivity contribution is 0.287. The van der Waals surface area contributed by atoms with E-state index < -0.39 is 10.0 Å². The summed E-state index contributed by atoms with van der Waals surface area (Å²) >= 11 is 0. The number of aliphatic hydroxyl groups excluding tert-OH is 1. The lowest BCUT2D eigenvalue weighted by Crippen LogP contribution is -2.27. The molecule has 8 heteroatoms. The Hall–Kier alpha value is -0.990. The van der Waals surface area contributed by atoms with E-state index in [-0.39, 0.29) is 12.4 Å². The van der Waals surface area contributed by atoms with Gasteiger partial charge in [-0.05, 0) is 19.3 Å². The van der Waals surface area contributed by atoms with Crippen LogP contribution in [-0.2, 0) is 16.4 Å². The van der Waals surface area contributed by atoms with Crippen molar-refractivity contribution in [2.45, 2.75) is 25.7 Å². The van der Waals surface area contributed by atoms with Crippen LogP contribution in [0.3, 0.4) is 0 Å². The number of rotatable bonds is 9. The molecular weight excluding hydrogens is 244 g/mol. The molecule has 0 bridgehead atoms. The summed E-state index contributed by atoms with van der Waals surface area (Å²) in [4.78, 5) is 3.94. The summed E-state index contributed by atoms with van der Waals surface area (Å²) in [5, 5.41) is 15.0. The molecule has 0 saturated heterocycles. The van der Waals surface area contributed by atoms with E-state index in [1.807, 2.05) is 0 Å². The van der Waals surface area contributed by atoms with Gasteiger partial charge in [0.15, 0.2) is 0 Å². The Balaban J connectivity index is 2.12. The molecule has 0 amide bonds. The third-order valence-electron chi connectivity index (χ3n) is 2.20. The van der Waals surface area contributed by atoms with E-state index in [4.69, 9.17) is 5.11 Å². The van der Waals surface area contributed by atoms with Crippen LogP contribution < -0.4 is 4.72 Å². The molecule has 1 aromatic rings. The molecule has 0 spiro atoms. The van der Waals surface area contributed by atoms with Crippen LogP contribution in [0.5, 0.6) is 0 Å². The third-order valence-corrected chi connectivity index (χ3v) is 3.67. The van der Waals surface area contributed by atoms with Gasteiger partial charge in [0, 0.05) is 19.6 Å². The predicted molar refractivity (Wildman–Crippen MR) is 62.8 cm³/mol. The maximum Gasteiger partial charge on any atom is 0.211 e. The largest absolute Gasteiger partial charge is 0.396 e. The summed E-state index contributed by atoms with van der Waals surface area (Å²) in [6, 6.07) is 0. The molecule has 0 aliphatic carbocycles. The number of aromatic amines is 1. The Labute approximate surface area is 101 Å². The monoisotopic (exact) mass is 262 g/mol. The standard InChI is InChI=1S/C9H18N4O3S/c14-6-1-2-7-17(15,16)12-5-3-4-9-10-8-11-13-9/h8,12,14H,1-7H2,(H,10,11,13). The minimum absolute atomic E-state index is 0.0288. The molecule has 0 atom stereocenters. The van der Waals surface area contributed by atoms with Gasteiger partial charge in [0.05, 0.1) is 5.75 Å². The van der Waals surface area contributed by atoms with Crippen LogP contribution in [0.1, 0.15) is 25.1 Å². The smallest absolute Gasteiger partial charge is 0.211 e. The van der Waals surface area contributed by atoms with Crippen molar-refractivity contribution in [3.63, 3.8) is 0 Å². The maximum absolute atomic E-state index is 11.4. The fraction of sp³-hybridized carbons (Fsp3) is 0.778. The zero-order valence-corrected chi connectivity index (χ0v) is 10.4. The van der Waals surface area contributed by atoms with Gasteiger partial charge in [-0.1, -0.05) is 0 Å². The Morgan fingerprint density at radius 2 is 2.18 bits per heavy atom. The topological polar surface area (TPSA) is 108 Å².